The molecule has 3 aromatic rings. The van der Waals surface area contributed by atoms with E-state index in [1.807, 2.05) is 41.1 Å². The average molecular weight is 268 g/mol. The Balaban J connectivity index is 2.06. The van der Waals surface area contributed by atoms with Crippen molar-refractivity contribution in [3.8, 4) is 22.8 Å². The van der Waals surface area contributed by atoms with Crippen molar-refractivity contribution in [1.29, 1.82) is 5.41 Å². The summed E-state index contributed by atoms with van der Waals surface area (Å²) in [5.74, 6) is 1.39. The Kier molecular flexibility index (Phi) is 2.97. The maximum Gasteiger partial charge on any atom is 0.182 e. The third kappa shape index (κ3) is 2.20. The smallest absolute Gasteiger partial charge is 0.182 e. The molecule has 0 spiro atoms. The molecule has 2 N–H and O–H groups in total. The van der Waals surface area contributed by atoms with Crippen LogP contribution in [-0.4, -0.2) is 20.9 Å². The van der Waals surface area contributed by atoms with Crippen molar-refractivity contribution in [2.24, 2.45) is 0 Å². The third-order valence-electron chi connectivity index (χ3n) is 2.85. The van der Waals surface area contributed by atoms with E-state index < -0.39 is 0 Å². The molecule has 0 aliphatic carbocycles. The molecular weight excluding hydrogens is 256 g/mol. The fourth-order valence-corrected chi connectivity index (χ4v) is 2.55. The second kappa shape index (κ2) is 4.78. The lowest BCUT2D eigenvalue weighted by Gasteiger charge is -2.04. The zero-order valence-electron chi connectivity index (χ0n) is 10.3. The van der Waals surface area contributed by atoms with Crippen LogP contribution in [0.3, 0.4) is 0 Å². The average Bonchev–Trinajstić information content (AvgIpc) is 3.09. The Morgan fingerprint density at radius 3 is 2.84 bits per heavy atom. The van der Waals surface area contributed by atoms with E-state index in [-0.39, 0.29) is 0 Å². The Bertz CT molecular complexity index is 713. The molecule has 0 saturated carbocycles. The number of hydrogen-bond donors (Lipinski definition) is 2. The van der Waals surface area contributed by atoms with Gasteiger partial charge in [0.05, 0.1) is 0 Å². The van der Waals surface area contributed by atoms with Gasteiger partial charge in [-0.2, -0.15) is 16.4 Å². The largest absolute Gasteiger partial charge is 0.305 e. The molecule has 19 heavy (non-hydrogen) atoms. The number of rotatable bonds is 3. The minimum absolute atomic E-state index is 0.518. The molecule has 3 rings (SSSR count). The predicted molar refractivity (Wildman–Crippen MR) is 77.6 cm³/mol. The molecule has 0 atom stereocenters. The topological polar surface area (TPSA) is 65.4 Å². The zero-order valence-corrected chi connectivity index (χ0v) is 11.2. The number of benzene rings is 1. The van der Waals surface area contributed by atoms with E-state index in [2.05, 4.69) is 15.2 Å². The minimum atomic E-state index is 0.518. The second-order valence-electron chi connectivity index (χ2n) is 4.19. The van der Waals surface area contributed by atoms with Crippen LogP contribution in [0.1, 0.15) is 12.5 Å². The number of aromatic nitrogens is 3. The molecule has 0 unspecified atom stereocenters. The molecule has 0 bridgehead atoms. The molecule has 4 nitrogen and oxygen atoms in total. The highest BCUT2D eigenvalue weighted by atomic mass is 32.1. The summed E-state index contributed by atoms with van der Waals surface area (Å²) >= 11 is 1.62. The fraction of sp³-hybridized carbons (Fsp3) is 0.0714. The number of thiophene rings is 1. The summed E-state index contributed by atoms with van der Waals surface area (Å²) in [6.07, 6.45) is 0. The van der Waals surface area contributed by atoms with Gasteiger partial charge in [0.1, 0.15) is 0 Å². The highest BCUT2D eigenvalue weighted by Crippen LogP contribution is 2.24. The van der Waals surface area contributed by atoms with Crippen molar-refractivity contribution in [2.75, 3.05) is 0 Å². The molecule has 0 saturated heterocycles. The van der Waals surface area contributed by atoms with Gasteiger partial charge in [-0.05, 0) is 18.4 Å². The Labute approximate surface area is 114 Å². The number of nitrogens with zero attached hydrogens (tertiary/aromatic N) is 2. The van der Waals surface area contributed by atoms with Crippen LogP contribution in [0, 0.1) is 5.41 Å². The van der Waals surface area contributed by atoms with Crippen LogP contribution < -0.4 is 0 Å². The monoisotopic (exact) mass is 268 g/mol. The zero-order chi connectivity index (χ0) is 13.2. The van der Waals surface area contributed by atoms with Gasteiger partial charge in [0, 0.05) is 27.8 Å². The van der Waals surface area contributed by atoms with Gasteiger partial charge in [0.25, 0.3) is 0 Å². The number of aromatic amines is 1. The lowest BCUT2D eigenvalue weighted by Crippen LogP contribution is -1.96. The highest BCUT2D eigenvalue weighted by molar-refractivity contribution is 7.08. The first-order valence-electron chi connectivity index (χ1n) is 5.85. The van der Waals surface area contributed by atoms with E-state index in [0.717, 1.165) is 16.7 Å². The quantitative estimate of drug-likeness (QED) is 0.713. The Morgan fingerprint density at radius 2 is 2.11 bits per heavy atom. The SMILES string of the molecule is CC(=N)c1ccccc1-c1nc(-c2ccsc2)n[nH]1. The molecule has 0 amide bonds. The van der Waals surface area contributed by atoms with Crippen LogP contribution in [0.5, 0.6) is 0 Å². The Hall–Kier alpha value is -2.27. The van der Waals surface area contributed by atoms with Crippen molar-refractivity contribution < 1.29 is 0 Å². The molecule has 0 aliphatic rings. The number of H-pyrrole nitrogens is 1. The lowest BCUT2D eigenvalue weighted by molar-refractivity contribution is 1.10. The molecule has 2 aromatic heterocycles. The molecule has 0 radical (unpaired) electrons. The van der Waals surface area contributed by atoms with Crippen LogP contribution in [0.2, 0.25) is 0 Å². The molecule has 1 aromatic carbocycles. The van der Waals surface area contributed by atoms with Gasteiger partial charge < -0.3 is 5.41 Å². The van der Waals surface area contributed by atoms with E-state index >= 15 is 0 Å². The van der Waals surface area contributed by atoms with E-state index in [1.165, 1.54) is 0 Å². The summed E-state index contributed by atoms with van der Waals surface area (Å²) in [6.45, 7) is 1.77. The summed E-state index contributed by atoms with van der Waals surface area (Å²) in [5, 5.41) is 19.0. The predicted octanol–water partition coefficient (Wildman–Crippen LogP) is 3.59. The van der Waals surface area contributed by atoms with Gasteiger partial charge in [-0.25, -0.2) is 4.98 Å². The Morgan fingerprint density at radius 1 is 1.26 bits per heavy atom. The van der Waals surface area contributed by atoms with Crippen LogP contribution in [0.25, 0.3) is 22.8 Å². The van der Waals surface area contributed by atoms with Gasteiger partial charge in [-0.15, -0.1) is 0 Å². The summed E-state index contributed by atoms with van der Waals surface area (Å²) < 4.78 is 0. The first-order valence-corrected chi connectivity index (χ1v) is 6.80. The highest BCUT2D eigenvalue weighted by Gasteiger charge is 2.12. The first kappa shape index (κ1) is 11.8. The van der Waals surface area contributed by atoms with Gasteiger partial charge in [0.2, 0.25) is 0 Å². The van der Waals surface area contributed by atoms with Crippen LogP contribution in [0.4, 0.5) is 0 Å². The molecule has 0 fully saturated rings. The lowest BCUT2D eigenvalue weighted by atomic mass is 10.0. The van der Waals surface area contributed by atoms with E-state index in [4.69, 9.17) is 5.41 Å². The summed E-state index contributed by atoms with van der Waals surface area (Å²) in [5.41, 5.74) is 3.31. The van der Waals surface area contributed by atoms with Crippen molar-refractivity contribution >= 4 is 17.0 Å². The van der Waals surface area contributed by atoms with Crippen molar-refractivity contribution in [2.45, 2.75) is 6.92 Å². The normalized spacial score (nSPS) is 10.6. The molecule has 2 heterocycles. The number of nitrogens with one attached hydrogen (secondary N) is 2. The standard InChI is InChI=1S/C14H12N4S/c1-9(15)11-4-2-3-5-12(11)14-16-13(17-18-14)10-6-7-19-8-10/h2-8,15H,1H3,(H,16,17,18). The molecule has 0 aliphatic heterocycles. The fourth-order valence-electron chi connectivity index (χ4n) is 1.92. The van der Waals surface area contributed by atoms with E-state index in [9.17, 15) is 0 Å². The van der Waals surface area contributed by atoms with Crippen LogP contribution in [-0.2, 0) is 0 Å². The summed E-state index contributed by atoms with van der Waals surface area (Å²) in [6, 6.07) is 9.72. The molecule has 94 valence electrons. The number of hydrogen-bond acceptors (Lipinski definition) is 4. The second-order valence-corrected chi connectivity index (χ2v) is 4.97. The minimum Gasteiger partial charge on any atom is -0.305 e. The molecular formula is C14H12N4S. The third-order valence-corrected chi connectivity index (χ3v) is 3.53. The van der Waals surface area contributed by atoms with Crippen LogP contribution in [0.15, 0.2) is 41.1 Å². The van der Waals surface area contributed by atoms with E-state index in [0.29, 0.717) is 17.4 Å². The first-order chi connectivity index (χ1) is 9.25. The van der Waals surface area contributed by atoms with Gasteiger partial charge in [0.15, 0.2) is 11.6 Å². The van der Waals surface area contributed by atoms with Crippen molar-refractivity contribution in [3.63, 3.8) is 0 Å². The van der Waals surface area contributed by atoms with Crippen molar-refractivity contribution in [1.82, 2.24) is 15.2 Å². The maximum absolute atomic E-state index is 7.81. The summed E-state index contributed by atoms with van der Waals surface area (Å²) in [4.78, 5) is 4.51. The van der Waals surface area contributed by atoms with Crippen LogP contribution >= 0.6 is 11.3 Å². The van der Waals surface area contributed by atoms with E-state index in [1.54, 1.807) is 18.3 Å². The van der Waals surface area contributed by atoms with Gasteiger partial charge in [-0.3, -0.25) is 5.10 Å². The van der Waals surface area contributed by atoms with Gasteiger partial charge >= 0.3 is 0 Å². The summed E-state index contributed by atoms with van der Waals surface area (Å²) in [7, 11) is 0. The molecule has 5 heteroatoms. The van der Waals surface area contributed by atoms with Crippen molar-refractivity contribution in [3.05, 3.63) is 46.7 Å². The van der Waals surface area contributed by atoms with Gasteiger partial charge in [-0.1, -0.05) is 24.3 Å². The maximum atomic E-state index is 7.81.